The van der Waals surface area contributed by atoms with E-state index in [1.807, 2.05) is 60.7 Å². The Labute approximate surface area is 196 Å². The molecule has 4 heterocycles. The van der Waals surface area contributed by atoms with Crippen LogP contribution in [0.15, 0.2) is 84.0 Å². The average Bonchev–Trinajstić information content (AvgIpc) is 2.91. The van der Waals surface area contributed by atoms with Crippen LogP contribution in [0.4, 0.5) is 5.82 Å². The van der Waals surface area contributed by atoms with E-state index < -0.39 is 0 Å². The predicted octanol–water partition coefficient (Wildman–Crippen LogP) is 2.11. The van der Waals surface area contributed by atoms with Crippen LogP contribution >= 0.6 is 0 Å². The molecule has 0 atom stereocenters. The fourth-order valence-electron chi connectivity index (χ4n) is 3.89. The van der Waals surface area contributed by atoms with Crippen molar-refractivity contribution in [2.75, 3.05) is 31.1 Å². The second-order valence-corrected chi connectivity index (χ2v) is 7.97. The number of aromatic nitrogens is 5. The number of carbonyl (C=O) groups excluding carboxylic acids is 1. The summed E-state index contributed by atoms with van der Waals surface area (Å²) in [4.78, 5) is 37.8. The van der Waals surface area contributed by atoms with Gasteiger partial charge in [0.2, 0.25) is 5.91 Å². The molecule has 1 saturated heterocycles. The number of rotatable bonds is 5. The molecule has 9 heteroatoms. The molecule has 5 rings (SSSR count). The van der Waals surface area contributed by atoms with Crippen molar-refractivity contribution >= 4 is 11.7 Å². The molecule has 4 aromatic rings. The van der Waals surface area contributed by atoms with Crippen LogP contribution in [0.3, 0.4) is 0 Å². The van der Waals surface area contributed by atoms with Gasteiger partial charge in [-0.05, 0) is 24.3 Å². The lowest BCUT2D eigenvalue weighted by atomic mass is 10.1. The Balaban J connectivity index is 1.18. The van der Waals surface area contributed by atoms with Crippen molar-refractivity contribution in [3.8, 4) is 22.6 Å². The third-order valence-corrected chi connectivity index (χ3v) is 5.79. The van der Waals surface area contributed by atoms with Crippen molar-refractivity contribution in [3.63, 3.8) is 0 Å². The molecule has 170 valence electrons. The number of amides is 1. The van der Waals surface area contributed by atoms with E-state index in [0.717, 1.165) is 22.8 Å². The topological polar surface area (TPSA) is 97.1 Å². The summed E-state index contributed by atoms with van der Waals surface area (Å²) in [5.74, 6) is 0.663. The summed E-state index contributed by atoms with van der Waals surface area (Å²) < 4.78 is 1.35. The molecule has 0 bridgehead atoms. The molecule has 0 radical (unpaired) electrons. The van der Waals surface area contributed by atoms with Crippen LogP contribution in [-0.4, -0.2) is 61.7 Å². The third kappa shape index (κ3) is 4.68. The number of hydrogen-bond donors (Lipinski definition) is 0. The minimum absolute atomic E-state index is 0.0283. The third-order valence-electron chi connectivity index (χ3n) is 5.79. The second kappa shape index (κ2) is 9.62. The Morgan fingerprint density at radius 1 is 0.794 bits per heavy atom. The molecular weight excluding hydrogens is 430 g/mol. The van der Waals surface area contributed by atoms with Crippen molar-refractivity contribution in [2.24, 2.45) is 0 Å². The standard InChI is InChI=1S/C25H23N7O2/c33-24-16-22(19-6-2-1-3-7-19)27-18-32(24)17-25(34)31-14-12-30(13-15-31)23-10-9-21(28-29-23)20-8-4-5-11-26-20/h1-11,16,18H,12-15,17H2. The molecular formula is C25H23N7O2. The summed E-state index contributed by atoms with van der Waals surface area (Å²) in [5.41, 5.74) is 2.71. The zero-order valence-electron chi connectivity index (χ0n) is 18.5. The minimum Gasteiger partial charge on any atom is -0.352 e. The van der Waals surface area contributed by atoms with E-state index in [0.29, 0.717) is 31.9 Å². The van der Waals surface area contributed by atoms with Gasteiger partial charge < -0.3 is 9.80 Å². The molecule has 1 fully saturated rings. The van der Waals surface area contributed by atoms with Gasteiger partial charge in [0, 0.05) is 44.0 Å². The maximum absolute atomic E-state index is 12.8. The number of piperazine rings is 1. The first-order valence-electron chi connectivity index (χ1n) is 11.1. The number of hydrogen-bond acceptors (Lipinski definition) is 7. The first-order chi connectivity index (χ1) is 16.7. The molecule has 0 aliphatic carbocycles. The van der Waals surface area contributed by atoms with Gasteiger partial charge in [-0.15, -0.1) is 10.2 Å². The largest absolute Gasteiger partial charge is 0.352 e. The van der Waals surface area contributed by atoms with Crippen molar-refractivity contribution in [1.82, 2.24) is 29.6 Å². The number of anilines is 1. The van der Waals surface area contributed by atoms with Crippen LogP contribution < -0.4 is 10.5 Å². The summed E-state index contributed by atoms with van der Waals surface area (Å²) >= 11 is 0. The van der Waals surface area contributed by atoms with E-state index in [-0.39, 0.29) is 18.0 Å². The Bertz CT molecular complexity index is 1320. The van der Waals surface area contributed by atoms with Gasteiger partial charge in [0.15, 0.2) is 5.82 Å². The van der Waals surface area contributed by atoms with E-state index in [4.69, 9.17) is 0 Å². The average molecular weight is 454 g/mol. The molecule has 3 aromatic heterocycles. The van der Waals surface area contributed by atoms with Gasteiger partial charge in [0.05, 0.1) is 17.7 Å². The van der Waals surface area contributed by atoms with Crippen LogP contribution in [0.1, 0.15) is 0 Å². The van der Waals surface area contributed by atoms with Gasteiger partial charge in [-0.2, -0.15) is 0 Å². The van der Waals surface area contributed by atoms with Crippen molar-refractivity contribution in [3.05, 3.63) is 89.6 Å². The van der Waals surface area contributed by atoms with Gasteiger partial charge in [-0.3, -0.25) is 19.1 Å². The molecule has 0 saturated carbocycles. The van der Waals surface area contributed by atoms with Crippen molar-refractivity contribution in [1.29, 1.82) is 0 Å². The quantitative estimate of drug-likeness (QED) is 0.457. The van der Waals surface area contributed by atoms with Gasteiger partial charge in [-0.1, -0.05) is 36.4 Å². The second-order valence-electron chi connectivity index (χ2n) is 7.97. The monoisotopic (exact) mass is 453 g/mol. The minimum atomic E-state index is -0.246. The fraction of sp³-hybridized carbons (Fsp3) is 0.200. The maximum atomic E-state index is 12.8. The highest BCUT2D eigenvalue weighted by Gasteiger charge is 2.22. The van der Waals surface area contributed by atoms with E-state index in [9.17, 15) is 9.59 Å². The van der Waals surface area contributed by atoms with E-state index in [1.165, 1.54) is 17.0 Å². The normalized spacial score (nSPS) is 13.6. The maximum Gasteiger partial charge on any atom is 0.254 e. The SMILES string of the molecule is O=C(Cn1cnc(-c2ccccc2)cc1=O)N1CCN(c2ccc(-c3ccccn3)nn2)CC1. The van der Waals surface area contributed by atoms with E-state index >= 15 is 0 Å². The highest BCUT2D eigenvalue weighted by molar-refractivity contribution is 5.76. The van der Waals surface area contributed by atoms with Crippen LogP contribution in [0, 0.1) is 0 Å². The molecule has 1 aromatic carbocycles. The highest BCUT2D eigenvalue weighted by Crippen LogP contribution is 2.18. The lowest BCUT2D eigenvalue weighted by Gasteiger charge is -2.35. The van der Waals surface area contributed by atoms with Crippen LogP contribution in [0.2, 0.25) is 0 Å². The summed E-state index contributed by atoms with van der Waals surface area (Å²) in [7, 11) is 0. The fourth-order valence-corrected chi connectivity index (χ4v) is 3.89. The van der Waals surface area contributed by atoms with Crippen LogP contribution in [0.5, 0.6) is 0 Å². The molecule has 1 amide bonds. The number of benzene rings is 1. The summed E-state index contributed by atoms with van der Waals surface area (Å²) in [6, 6.07) is 20.5. The molecule has 0 unspecified atom stereocenters. The smallest absolute Gasteiger partial charge is 0.254 e. The van der Waals surface area contributed by atoms with Gasteiger partial charge in [0.25, 0.3) is 5.56 Å². The van der Waals surface area contributed by atoms with Crippen LogP contribution in [0.25, 0.3) is 22.6 Å². The first kappa shape index (κ1) is 21.4. The lowest BCUT2D eigenvalue weighted by molar-refractivity contribution is -0.132. The Morgan fingerprint density at radius 2 is 1.59 bits per heavy atom. The number of pyridine rings is 1. The summed E-state index contributed by atoms with van der Waals surface area (Å²) in [6.07, 6.45) is 3.17. The number of nitrogens with zero attached hydrogens (tertiary/aromatic N) is 7. The molecule has 9 nitrogen and oxygen atoms in total. The highest BCUT2D eigenvalue weighted by atomic mass is 16.2. The first-order valence-corrected chi connectivity index (χ1v) is 11.1. The zero-order chi connectivity index (χ0) is 23.3. The number of carbonyl (C=O) groups is 1. The van der Waals surface area contributed by atoms with Crippen molar-refractivity contribution < 1.29 is 4.79 Å². The predicted molar refractivity (Wildman–Crippen MR) is 128 cm³/mol. The van der Waals surface area contributed by atoms with Crippen LogP contribution in [-0.2, 0) is 11.3 Å². The van der Waals surface area contributed by atoms with E-state index in [2.05, 4.69) is 25.1 Å². The Morgan fingerprint density at radius 3 is 2.26 bits per heavy atom. The Hall–Kier alpha value is -4.40. The molecule has 1 aliphatic heterocycles. The molecule has 1 aliphatic rings. The van der Waals surface area contributed by atoms with Gasteiger partial charge >= 0.3 is 0 Å². The summed E-state index contributed by atoms with van der Waals surface area (Å²) in [5, 5.41) is 8.63. The van der Waals surface area contributed by atoms with E-state index in [1.54, 1.807) is 11.1 Å². The zero-order valence-corrected chi connectivity index (χ0v) is 18.5. The molecule has 34 heavy (non-hydrogen) atoms. The molecule has 0 N–H and O–H groups in total. The molecule has 0 spiro atoms. The summed E-state index contributed by atoms with van der Waals surface area (Å²) in [6.45, 7) is 2.35. The van der Waals surface area contributed by atoms with Gasteiger partial charge in [-0.25, -0.2) is 4.98 Å². The van der Waals surface area contributed by atoms with Gasteiger partial charge in [0.1, 0.15) is 12.2 Å². The lowest BCUT2D eigenvalue weighted by Crippen LogP contribution is -2.50. The Kier molecular flexibility index (Phi) is 6.07. The van der Waals surface area contributed by atoms with Crippen molar-refractivity contribution in [2.45, 2.75) is 6.54 Å².